The Bertz CT molecular complexity index is 643. The smallest absolute Gasteiger partial charge is 0.347 e. The summed E-state index contributed by atoms with van der Waals surface area (Å²) in [5.74, 6) is 0.285. The molecular formula is C14H13NO4. The summed E-state index contributed by atoms with van der Waals surface area (Å²) in [7, 11) is 0. The first-order valence-electron chi connectivity index (χ1n) is 5.66. The van der Waals surface area contributed by atoms with E-state index < -0.39 is 11.9 Å². The molecule has 0 saturated heterocycles. The first-order chi connectivity index (χ1) is 8.97. The van der Waals surface area contributed by atoms with Gasteiger partial charge in [-0.05, 0) is 38.1 Å². The van der Waals surface area contributed by atoms with Crippen LogP contribution in [0.4, 0.5) is 0 Å². The van der Waals surface area contributed by atoms with E-state index in [1.54, 1.807) is 38.1 Å². The van der Waals surface area contributed by atoms with E-state index in [1.165, 1.54) is 6.07 Å². The van der Waals surface area contributed by atoms with E-state index in [0.29, 0.717) is 17.1 Å². The van der Waals surface area contributed by atoms with Crippen molar-refractivity contribution in [2.45, 2.75) is 13.8 Å². The van der Waals surface area contributed by atoms with Crippen LogP contribution in [0.25, 0.3) is 0 Å². The van der Waals surface area contributed by atoms with Gasteiger partial charge in [0.1, 0.15) is 22.8 Å². The van der Waals surface area contributed by atoms with Crippen LogP contribution in [0.1, 0.15) is 32.2 Å². The minimum absolute atomic E-state index is 0.263. The van der Waals surface area contributed by atoms with E-state index in [0.717, 1.165) is 0 Å². The number of amides is 1. The molecule has 5 nitrogen and oxygen atoms in total. The zero-order chi connectivity index (χ0) is 14.0. The molecule has 0 atom stereocenters. The SMILES string of the molecule is Cc1cc(C(=O)Oc2cccc(C(N)=O)c2)c(C)o1. The average Bonchev–Trinajstić information content (AvgIpc) is 2.69. The zero-order valence-corrected chi connectivity index (χ0v) is 10.6. The van der Waals surface area contributed by atoms with Crippen LogP contribution < -0.4 is 10.5 Å². The maximum Gasteiger partial charge on any atom is 0.347 e. The monoisotopic (exact) mass is 259 g/mol. The number of primary amides is 1. The minimum atomic E-state index is -0.576. The lowest BCUT2D eigenvalue weighted by Gasteiger charge is -2.04. The van der Waals surface area contributed by atoms with Crippen molar-refractivity contribution in [1.29, 1.82) is 0 Å². The summed E-state index contributed by atoms with van der Waals surface area (Å²) >= 11 is 0. The lowest BCUT2D eigenvalue weighted by molar-refractivity contribution is 0.0732. The Morgan fingerprint density at radius 2 is 1.95 bits per heavy atom. The van der Waals surface area contributed by atoms with Crippen molar-refractivity contribution in [3.8, 4) is 5.75 Å². The fourth-order valence-electron chi connectivity index (χ4n) is 1.71. The zero-order valence-electron chi connectivity index (χ0n) is 10.6. The summed E-state index contributed by atoms with van der Waals surface area (Å²) < 4.78 is 10.4. The number of hydrogen-bond donors (Lipinski definition) is 1. The van der Waals surface area contributed by atoms with Crippen molar-refractivity contribution < 1.29 is 18.7 Å². The summed E-state index contributed by atoms with van der Waals surface area (Å²) in [6, 6.07) is 7.74. The van der Waals surface area contributed by atoms with E-state index in [4.69, 9.17) is 14.9 Å². The van der Waals surface area contributed by atoms with Gasteiger partial charge >= 0.3 is 5.97 Å². The summed E-state index contributed by atoms with van der Waals surface area (Å²) in [6.45, 7) is 3.43. The molecule has 19 heavy (non-hydrogen) atoms. The number of nitrogens with two attached hydrogens (primary N) is 1. The van der Waals surface area contributed by atoms with E-state index in [1.807, 2.05) is 0 Å². The molecule has 0 aliphatic rings. The molecule has 0 unspecified atom stereocenters. The van der Waals surface area contributed by atoms with E-state index in [9.17, 15) is 9.59 Å². The molecule has 1 aromatic carbocycles. The maximum absolute atomic E-state index is 11.9. The lowest BCUT2D eigenvalue weighted by atomic mass is 10.2. The number of esters is 1. The van der Waals surface area contributed by atoms with Gasteiger partial charge in [0, 0.05) is 5.56 Å². The van der Waals surface area contributed by atoms with Gasteiger partial charge in [-0.25, -0.2) is 4.79 Å². The van der Waals surface area contributed by atoms with Gasteiger partial charge in [-0.3, -0.25) is 4.79 Å². The molecule has 0 aliphatic carbocycles. The third-order valence-electron chi connectivity index (χ3n) is 2.59. The van der Waals surface area contributed by atoms with Crippen molar-refractivity contribution in [2.75, 3.05) is 0 Å². The average molecular weight is 259 g/mol. The quantitative estimate of drug-likeness (QED) is 0.676. The van der Waals surface area contributed by atoms with Gasteiger partial charge in [-0.1, -0.05) is 6.07 Å². The van der Waals surface area contributed by atoms with Crippen LogP contribution in [0, 0.1) is 13.8 Å². The molecule has 0 saturated carbocycles. The number of rotatable bonds is 3. The maximum atomic E-state index is 11.9. The van der Waals surface area contributed by atoms with Crippen LogP contribution >= 0.6 is 0 Å². The standard InChI is InChI=1S/C14H13NO4/c1-8-6-12(9(2)18-8)14(17)19-11-5-3-4-10(7-11)13(15)16/h3-7H,1-2H3,(H2,15,16). The number of hydrogen-bond acceptors (Lipinski definition) is 4. The van der Waals surface area contributed by atoms with Crippen LogP contribution in [-0.4, -0.2) is 11.9 Å². The predicted octanol–water partition coefficient (Wildman–Crippen LogP) is 2.21. The Hall–Kier alpha value is -2.56. The third kappa shape index (κ3) is 2.82. The molecular weight excluding hydrogens is 246 g/mol. The molecule has 1 heterocycles. The summed E-state index contributed by atoms with van der Waals surface area (Å²) in [5, 5.41) is 0. The molecule has 2 N–H and O–H groups in total. The molecule has 2 aromatic rings. The van der Waals surface area contributed by atoms with Crippen LogP contribution in [0.2, 0.25) is 0 Å². The minimum Gasteiger partial charge on any atom is -0.466 e. The Kier molecular flexibility index (Phi) is 3.37. The van der Waals surface area contributed by atoms with E-state index in [2.05, 4.69) is 0 Å². The van der Waals surface area contributed by atoms with Crippen molar-refractivity contribution in [3.63, 3.8) is 0 Å². The number of carbonyl (C=O) groups is 2. The molecule has 0 spiro atoms. The van der Waals surface area contributed by atoms with Crippen molar-refractivity contribution >= 4 is 11.9 Å². The van der Waals surface area contributed by atoms with Gasteiger partial charge in [0.2, 0.25) is 5.91 Å². The number of furan rings is 1. The highest BCUT2D eigenvalue weighted by atomic mass is 16.5. The van der Waals surface area contributed by atoms with E-state index >= 15 is 0 Å². The number of aryl methyl sites for hydroxylation is 2. The number of ether oxygens (including phenoxy) is 1. The lowest BCUT2D eigenvalue weighted by Crippen LogP contribution is -2.12. The summed E-state index contributed by atoms with van der Waals surface area (Å²) in [6.07, 6.45) is 0. The molecule has 1 aromatic heterocycles. The first-order valence-corrected chi connectivity index (χ1v) is 5.66. The molecule has 0 fully saturated rings. The molecule has 0 aliphatic heterocycles. The first kappa shape index (κ1) is 12.9. The Labute approximate surface area is 110 Å². The number of carbonyl (C=O) groups excluding carboxylic acids is 2. The topological polar surface area (TPSA) is 82.5 Å². The largest absolute Gasteiger partial charge is 0.466 e. The van der Waals surface area contributed by atoms with Crippen LogP contribution in [-0.2, 0) is 0 Å². The molecule has 2 rings (SSSR count). The Morgan fingerprint density at radius 1 is 1.21 bits per heavy atom. The highest BCUT2D eigenvalue weighted by Crippen LogP contribution is 2.18. The number of benzene rings is 1. The Morgan fingerprint density at radius 3 is 2.53 bits per heavy atom. The molecule has 1 amide bonds. The molecule has 98 valence electrons. The van der Waals surface area contributed by atoms with Crippen LogP contribution in [0.3, 0.4) is 0 Å². The predicted molar refractivity (Wildman–Crippen MR) is 68.1 cm³/mol. The van der Waals surface area contributed by atoms with Crippen molar-refractivity contribution in [1.82, 2.24) is 0 Å². The van der Waals surface area contributed by atoms with Gasteiger partial charge in [0.05, 0.1) is 0 Å². The van der Waals surface area contributed by atoms with Gasteiger partial charge in [-0.15, -0.1) is 0 Å². The van der Waals surface area contributed by atoms with Crippen LogP contribution in [0.5, 0.6) is 5.75 Å². The van der Waals surface area contributed by atoms with Gasteiger partial charge < -0.3 is 14.9 Å². The van der Waals surface area contributed by atoms with Gasteiger partial charge in [-0.2, -0.15) is 0 Å². The summed E-state index contributed by atoms with van der Waals surface area (Å²) in [4.78, 5) is 23.0. The van der Waals surface area contributed by atoms with Crippen LogP contribution in [0.15, 0.2) is 34.7 Å². The molecule has 0 radical (unpaired) electrons. The fourth-order valence-corrected chi connectivity index (χ4v) is 1.71. The highest BCUT2D eigenvalue weighted by Gasteiger charge is 2.16. The van der Waals surface area contributed by atoms with Gasteiger partial charge in [0.25, 0.3) is 0 Å². The second-order valence-electron chi connectivity index (χ2n) is 4.11. The highest BCUT2D eigenvalue weighted by molar-refractivity contribution is 5.94. The second kappa shape index (κ2) is 4.97. The third-order valence-corrected chi connectivity index (χ3v) is 2.59. The van der Waals surface area contributed by atoms with E-state index in [-0.39, 0.29) is 11.3 Å². The van der Waals surface area contributed by atoms with Crippen molar-refractivity contribution in [3.05, 3.63) is 53.0 Å². The summed E-state index contributed by atoms with van der Waals surface area (Å²) in [5.41, 5.74) is 5.80. The fraction of sp³-hybridized carbons (Fsp3) is 0.143. The van der Waals surface area contributed by atoms with Gasteiger partial charge in [0.15, 0.2) is 0 Å². The second-order valence-corrected chi connectivity index (χ2v) is 4.11. The van der Waals surface area contributed by atoms with Crippen molar-refractivity contribution in [2.24, 2.45) is 5.73 Å². The normalized spacial score (nSPS) is 10.2. The molecule has 5 heteroatoms. The molecule has 0 bridgehead atoms. The Balaban J connectivity index is 2.21.